The molecule has 4 nitrogen and oxygen atoms in total. The maximum Gasteiger partial charge on any atom is 0.248 e. The Kier molecular flexibility index (Phi) is 2.92. The molecule has 2 amide bonds. The maximum absolute atomic E-state index is 12.4. The van der Waals surface area contributed by atoms with Crippen LogP contribution in [0.25, 0.3) is 0 Å². The van der Waals surface area contributed by atoms with Crippen LogP contribution in [-0.2, 0) is 9.59 Å². The Bertz CT molecular complexity index is 351. The molecule has 96 valence electrons. The number of piperazine rings is 1. The zero-order valence-electron chi connectivity index (χ0n) is 11.1. The van der Waals surface area contributed by atoms with E-state index in [0.717, 1.165) is 19.3 Å². The van der Waals surface area contributed by atoms with Gasteiger partial charge in [-0.15, -0.1) is 0 Å². The lowest BCUT2D eigenvalue weighted by atomic mass is 9.95. The van der Waals surface area contributed by atoms with Gasteiger partial charge in [0.25, 0.3) is 0 Å². The van der Waals surface area contributed by atoms with Crippen LogP contribution in [-0.4, -0.2) is 34.3 Å². The van der Waals surface area contributed by atoms with Crippen LogP contribution >= 0.6 is 0 Å². The first-order valence-corrected chi connectivity index (χ1v) is 6.47. The minimum atomic E-state index is -0.755. The Labute approximate surface area is 103 Å². The summed E-state index contributed by atoms with van der Waals surface area (Å²) >= 11 is 0. The summed E-state index contributed by atoms with van der Waals surface area (Å²) in [6.45, 7) is 7.60. The SMILES string of the molecule is CC1CCC(N2C(=O)C(C)(C)NC(=O)C2C)C1. The van der Waals surface area contributed by atoms with Crippen LogP contribution in [0.4, 0.5) is 0 Å². The van der Waals surface area contributed by atoms with Crippen LogP contribution in [0.5, 0.6) is 0 Å². The Morgan fingerprint density at radius 1 is 1.24 bits per heavy atom. The Balaban J connectivity index is 2.23. The zero-order valence-corrected chi connectivity index (χ0v) is 11.1. The molecule has 1 heterocycles. The summed E-state index contributed by atoms with van der Waals surface area (Å²) in [5.74, 6) is 0.686. The van der Waals surface area contributed by atoms with E-state index in [-0.39, 0.29) is 23.9 Å². The van der Waals surface area contributed by atoms with Gasteiger partial charge in [-0.3, -0.25) is 9.59 Å². The summed E-state index contributed by atoms with van der Waals surface area (Å²) < 4.78 is 0. The highest BCUT2D eigenvalue weighted by atomic mass is 16.2. The third-order valence-electron chi connectivity index (χ3n) is 4.06. The Morgan fingerprint density at radius 3 is 2.41 bits per heavy atom. The molecule has 1 N–H and O–H groups in total. The Hall–Kier alpha value is -1.06. The molecule has 0 radical (unpaired) electrons. The number of carbonyl (C=O) groups is 2. The van der Waals surface area contributed by atoms with Crippen molar-refractivity contribution in [2.45, 2.75) is 64.6 Å². The quantitative estimate of drug-likeness (QED) is 0.748. The lowest BCUT2D eigenvalue weighted by molar-refractivity contribution is -0.155. The van der Waals surface area contributed by atoms with Crippen molar-refractivity contribution in [3.8, 4) is 0 Å². The third kappa shape index (κ3) is 2.05. The first-order valence-electron chi connectivity index (χ1n) is 6.47. The van der Waals surface area contributed by atoms with Crippen LogP contribution in [0.15, 0.2) is 0 Å². The minimum absolute atomic E-state index is 0.0332. The standard InChI is InChI=1S/C13H22N2O2/c1-8-5-6-10(7-8)15-9(2)11(16)14-13(3,4)12(15)17/h8-10H,5-7H2,1-4H3,(H,14,16). The van der Waals surface area contributed by atoms with Gasteiger partial charge in [0, 0.05) is 6.04 Å². The van der Waals surface area contributed by atoms with Crippen molar-refractivity contribution < 1.29 is 9.59 Å². The minimum Gasteiger partial charge on any atom is -0.340 e. The zero-order chi connectivity index (χ0) is 12.8. The fraction of sp³-hybridized carbons (Fsp3) is 0.846. The summed E-state index contributed by atoms with van der Waals surface area (Å²) in [6, 6.07) is -0.0800. The van der Waals surface area contributed by atoms with Crippen molar-refractivity contribution in [1.29, 1.82) is 0 Å². The van der Waals surface area contributed by atoms with E-state index in [2.05, 4.69) is 12.2 Å². The fourth-order valence-corrected chi connectivity index (χ4v) is 3.00. The molecule has 0 aromatic rings. The highest BCUT2D eigenvalue weighted by molar-refractivity contribution is 5.99. The highest BCUT2D eigenvalue weighted by Gasteiger charge is 2.46. The van der Waals surface area contributed by atoms with E-state index >= 15 is 0 Å². The number of rotatable bonds is 1. The first kappa shape index (κ1) is 12.4. The summed E-state index contributed by atoms with van der Waals surface area (Å²) in [4.78, 5) is 26.1. The molecule has 3 atom stereocenters. The third-order valence-corrected chi connectivity index (χ3v) is 4.06. The van der Waals surface area contributed by atoms with E-state index in [9.17, 15) is 9.59 Å². The van der Waals surface area contributed by atoms with Gasteiger partial charge in [0.05, 0.1) is 0 Å². The molecule has 0 aromatic carbocycles. The molecule has 0 aromatic heterocycles. The van der Waals surface area contributed by atoms with Crippen LogP contribution in [0.3, 0.4) is 0 Å². The average molecular weight is 238 g/mol. The normalized spacial score (nSPS) is 37.2. The molecule has 1 aliphatic carbocycles. The lowest BCUT2D eigenvalue weighted by Gasteiger charge is -2.44. The highest BCUT2D eigenvalue weighted by Crippen LogP contribution is 2.32. The number of hydrogen-bond acceptors (Lipinski definition) is 2. The van der Waals surface area contributed by atoms with Gasteiger partial charge in [-0.2, -0.15) is 0 Å². The van der Waals surface area contributed by atoms with Gasteiger partial charge in [0.1, 0.15) is 11.6 Å². The second-order valence-corrected chi connectivity index (χ2v) is 6.07. The van der Waals surface area contributed by atoms with Crippen molar-refractivity contribution in [1.82, 2.24) is 10.2 Å². The van der Waals surface area contributed by atoms with Crippen molar-refractivity contribution in [2.24, 2.45) is 5.92 Å². The fourth-order valence-electron chi connectivity index (χ4n) is 3.00. The number of amides is 2. The van der Waals surface area contributed by atoms with Gasteiger partial charge in [-0.05, 0) is 46.0 Å². The van der Waals surface area contributed by atoms with Crippen LogP contribution in [0, 0.1) is 5.92 Å². The lowest BCUT2D eigenvalue weighted by Crippen LogP contribution is -2.69. The molecule has 2 fully saturated rings. The smallest absolute Gasteiger partial charge is 0.248 e. The molecule has 2 rings (SSSR count). The van der Waals surface area contributed by atoms with E-state index in [1.165, 1.54) is 0 Å². The van der Waals surface area contributed by atoms with Gasteiger partial charge in [0.2, 0.25) is 11.8 Å². The van der Waals surface area contributed by atoms with E-state index in [1.54, 1.807) is 13.8 Å². The largest absolute Gasteiger partial charge is 0.340 e. The molecular weight excluding hydrogens is 216 g/mol. The summed E-state index contributed by atoms with van der Waals surface area (Å²) in [7, 11) is 0. The predicted octanol–water partition coefficient (Wildman–Crippen LogP) is 1.30. The number of nitrogens with one attached hydrogen (secondary N) is 1. The maximum atomic E-state index is 12.4. The van der Waals surface area contributed by atoms with E-state index < -0.39 is 5.54 Å². The van der Waals surface area contributed by atoms with Gasteiger partial charge in [-0.1, -0.05) is 6.92 Å². The molecule has 2 aliphatic rings. The van der Waals surface area contributed by atoms with Crippen molar-refractivity contribution >= 4 is 11.8 Å². The predicted molar refractivity (Wildman–Crippen MR) is 65.3 cm³/mol. The van der Waals surface area contributed by atoms with Crippen molar-refractivity contribution in [2.75, 3.05) is 0 Å². The van der Waals surface area contributed by atoms with Crippen LogP contribution < -0.4 is 5.32 Å². The molecule has 17 heavy (non-hydrogen) atoms. The monoisotopic (exact) mass is 238 g/mol. The molecular formula is C13H22N2O2. The second-order valence-electron chi connectivity index (χ2n) is 6.07. The molecule has 0 bridgehead atoms. The summed E-state index contributed by atoms with van der Waals surface area (Å²) in [6.07, 6.45) is 3.21. The van der Waals surface area contributed by atoms with Gasteiger partial charge < -0.3 is 10.2 Å². The van der Waals surface area contributed by atoms with Gasteiger partial charge in [0.15, 0.2) is 0 Å². The molecule has 3 unspecified atom stereocenters. The van der Waals surface area contributed by atoms with Crippen LogP contribution in [0.1, 0.15) is 47.0 Å². The number of hydrogen-bond donors (Lipinski definition) is 1. The van der Waals surface area contributed by atoms with E-state index in [0.29, 0.717) is 5.92 Å². The number of carbonyl (C=O) groups excluding carboxylic acids is 2. The molecule has 4 heteroatoms. The van der Waals surface area contributed by atoms with Crippen molar-refractivity contribution in [3.05, 3.63) is 0 Å². The average Bonchev–Trinajstić information content (AvgIpc) is 2.62. The summed E-state index contributed by atoms with van der Waals surface area (Å²) in [5, 5.41) is 2.79. The topological polar surface area (TPSA) is 49.4 Å². The van der Waals surface area contributed by atoms with Gasteiger partial charge in [-0.25, -0.2) is 0 Å². The van der Waals surface area contributed by atoms with Crippen LogP contribution in [0.2, 0.25) is 0 Å². The molecule has 1 aliphatic heterocycles. The molecule has 1 saturated heterocycles. The second kappa shape index (κ2) is 4.00. The molecule has 1 saturated carbocycles. The van der Waals surface area contributed by atoms with E-state index in [4.69, 9.17) is 0 Å². The van der Waals surface area contributed by atoms with E-state index in [1.807, 2.05) is 11.8 Å². The first-order chi connectivity index (χ1) is 7.83. The van der Waals surface area contributed by atoms with Crippen molar-refractivity contribution in [3.63, 3.8) is 0 Å². The summed E-state index contributed by atoms with van der Waals surface area (Å²) in [5.41, 5.74) is -0.755. The Morgan fingerprint density at radius 2 is 1.88 bits per heavy atom. The van der Waals surface area contributed by atoms with Gasteiger partial charge >= 0.3 is 0 Å². The number of nitrogens with zero attached hydrogens (tertiary/aromatic N) is 1. The molecule has 0 spiro atoms.